The van der Waals surface area contributed by atoms with Gasteiger partial charge in [-0.05, 0) is 38.1 Å². The Labute approximate surface area is 150 Å². The molecule has 0 fully saturated rings. The van der Waals surface area contributed by atoms with E-state index in [-0.39, 0.29) is 23.4 Å². The van der Waals surface area contributed by atoms with Gasteiger partial charge < -0.3 is 11.1 Å². The van der Waals surface area contributed by atoms with Gasteiger partial charge in [0.2, 0.25) is 0 Å². The summed E-state index contributed by atoms with van der Waals surface area (Å²) in [4.78, 5) is 2.95. The lowest BCUT2D eigenvalue weighted by Gasteiger charge is -2.13. The Morgan fingerprint density at radius 1 is 1.35 bits per heavy atom. The first-order valence-corrected chi connectivity index (χ1v) is 7.65. The van der Waals surface area contributed by atoms with Crippen LogP contribution in [-0.2, 0) is 0 Å². The van der Waals surface area contributed by atoms with Gasteiger partial charge >= 0.3 is 6.55 Å². The van der Waals surface area contributed by atoms with E-state index in [4.69, 9.17) is 5.73 Å². The first-order valence-electron chi connectivity index (χ1n) is 7.65. The molecule has 26 heavy (non-hydrogen) atoms. The van der Waals surface area contributed by atoms with E-state index in [9.17, 15) is 17.6 Å². The van der Waals surface area contributed by atoms with Crippen LogP contribution < -0.4 is 11.1 Å². The van der Waals surface area contributed by atoms with E-state index in [0.29, 0.717) is 16.8 Å². The number of aliphatic imine (C=N–C) groups is 1. The molecular formula is C19H21F4N3. The highest BCUT2D eigenvalue weighted by Crippen LogP contribution is 2.23. The molecule has 0 aliphatic carbocycles. The summed E-state index contributed by atoms with van der Waals surface area (Å²) in [5, 5.41) is 2.88. The molecule has 1 aromatic rings. The van der Waals surface area contributed by atoms with E-state index < -0.39 is 18.2 Å². The van der Waals surface area contributed by atoms with Crippen molar-refractivity contribution in [3.8, 4) is 0 Å². The smallest absolute Gasteiger partial charge is 0.331 e. The summed E-state index contributed by atoms with van der Waals surface area (Å²) < 4.78 is 52.6. The van der Waals surface area contributed by atoms with E-state index in [1.54, 1.807) is 6.92 Å². The normalized spacial score (nSPS) is 13.5. The molecule has 0 saturated heterocycles. The van der Waals surface area contributed by atoms with Crippen molar-refractivity contribution in [3.63, 3.8) is 0 Å². The number of alkyl halides is 2. The van der Waals surface area contributed by atoms with Gasteiger partial charge in [-0.15, -0.1) is 0 Å². The third kappa shape index (κ3) is 5.91. The molecule has 0 radical (unpaired) electrons. The summed E-state index contributed by atoms with van der Waals surface area (Å²) in [6.45, 7) is 7.33. The van der Waals surface area contributed by atoms with Gasteiger partial charge in [0.15, 0.2) is 0 Å². The minimum Gasteiger partial charge on any atom is -0.402 e. The second-order valence-electron chi connectivity index (χ2n) is 5.51. The summed E-state index contributed by atoms with van der Waals surface area (Å²) in [6.07, 6.45) is 1.91. The molecular weight excluding hydrogens is 346 g/mol. The van der Waals surface area contributed by atoms with Crippen molar-refractivity contribution < 1.29 is 17.6 Å². The summed E-state index contributed by atoms with van der Waals surface area (Å²) in [5.41, 5.74) is 7.09. The summed E-state index contributed by atoms with van der Waals surface area (Å²) in [7, 11) is 0. The van der Waals surface area contributed by atoms with Crippen LogP contribution in [0.5, 0.6) is 0 Å². The summed E-state index contributed by atoms with van der Waals surface area (Å²) >= 11 is 0. The topological polar surface area (TPSA) is 50.4 Å². The van der Waals surface area contributed by atoms with Crippen LogP contribution in [0.4, 0.5) is 23.2 Å². The molecule has 0 aliphatic rings. The number of nitrogens with zero attached hydrogens (tertiary/aromatic N) is 1. The van der Waals surface area contributed by atoms with Crippen molar-refractivity contribution >= 4 is 17.5 Å². The maximum absolute atomic E-state index is 14.4. The Morgan fingerprint density at radius 3 is 2.46 bits per heavy atom. The van der Waals surface area contributed by atoms with Gasteiger partial charge in [-0.2, -0.15) is 8.78 Å². The third-order valence-electron chi connectivity index (χ3n) is 3.45. The molecule has 0 amide bonds. The lowest BCUT2D eigenvalue weighted by Crippen LogP contribution is -2.08. The Kier molecular flexibility index (Phi) is 7.83. The molecule has 0 spiro atoms. The fraction of sp³-hybridized carbons (Fsp3) is 0.211. The molecule has 140 valence electrons. The second-order valence-corrected chi connectivity index (χ2v) is 5.51. The molecule has 0 unspecified atom stereocenters. The molecule has 0 heterocycles. The van der Waals surface area contributed by atoms with Gasteiger partial charge in [-0.1, -0.05) is 18.7 Å². The van der Waals surface area contributed by atoms with Crippen molar-refractivity contribution in [1.29, 1.82) is 0 Å². The molecule has 1 rings (SSSR count). The van der Waals surface area contributed by atoms with Crippen LogP contribution in [0.2, 0.25) is 0 Å². The first kappa shape index (κ1) is 21.2. The zero-order chi connectivity index (χ0) is 19.9. The first-order chi connectivity index (χ1) is 12.2. The highest BCUT2D eigenvalue weighted by Gasteiger charge is 2.11. The second kappa shape index (κ2) is 9.60. The van der Waals surface area contributed by atoms with Gasteiger partial charge in [-0.25, -0.2) is 13.8 Å². The Hall–Kier alpha value is -2.83. The Balaban J connectivity index is 3.09. The minimum absolute atomic E-state index is 0.0351. The SMILES string of the molecule is C=C/C(F)=C(/CNc1ccc(C(/C=N/C(F)F)=C(\C)N)c(F)c1)C(=C)C. The molecule has 3 N–H and O–H groups in total. The number of rotatable bonds is 8. The molecule has 0 atom stereocenters. The lowest BCUT2D eigenvalue weighted by atomic mass is 10.0. The number of anilines is 1. The molecule has 0 aliphatic heterocycles. The molecule has 0 bridgehead atoms. The highest BCUT2D eigenvalue weighted by molar-refractivity contribution is 6.10. The van der Waals surface area contributed by atoms with Crippen molar-refractivity contribution in [2.45, 2.75) is 20.4 Å². The van der Waals surface area contributed by atoms with Crippen LogP contribution in [0.3, 0.4) is 0 Å². The number of nitrogens with two attached hydrogens (primary N) is 1. The maximum atomic E-state index is 14.4. The van der Waals surface area contributed by atoms with E-state index in [1.165, 1.54) is 19.1 Å². The van der Waals surface area contributed by atoms with Crippen molar-refractivity contribution in [2.24, 2.45) is 10.7 Å². The molecule has 0 saturated carbocycles. The molecule has 7 heteroatoms. The fourth-order valence-electron chi connectivity index (χ4n) is 2.11. The van der Waals surface area contributed by atoms with Gasteiger partial charge in [0.25, 0.3) is 0 Å². The zero-order valence-corrected chi connectivity index (χ0v) is 14.6. The van der Waals surface area contributed by atoms with Crippen LogP contribution >= 0.6 is 0 Å². The average molecular weight is 367 g/mol. The number of hydrogen-bond acceptors (Lipinski definition) is 3. The predicted octanol–water partition coefficient (Wildman–Crippen LogP) is 5.21. The Morgan fingerprint density at radius 2 is 2.00 bits per heavy atom. The molecule has 0 aromatic heterocycles. The Bertz CT molecular complexity index is 773. The van der Waals surface area contributed by atoms with E-state index in [0.717, 1.165) is 18.4 Å². The standard InChI is InChI=1S/C19H21F4N3/c1-5-17(20)15(11(2)3)9-25-13-6-7-14(18(21)8-13)16(12(4)24)10-26-19(22)23/h5-8,10,19,25H,1-2,9,24H2,3-4H3/b16-12+,17-15+,26-10+. The number of allylic oxidation sites excluding steroid dienone is 4. The van der Waals surface area contributed by atoms with Gasteiger partial charge in [0.1, 0.15) is 11.6 Å². The summed E-state index contributed by atoms with van der Waals surface area (Å²) in [5.74, 6) is -1.20. The van der Waals surface area contributed by atoms with E-state index >= 15 is 0 Å². The number of nitrogens with one attached hydrogen (secondary N) is 1. The highest BCUT2D eigenvalue weighted by atomic mass is 19.3. The van der Waals surface area contributed by atoms with Crippen molar-refractivity contribution in [1.82, 2.24) is 0 Å². The van der Waals surface area contributed by atoms with Crippen LogP contribution in [0, 0.1) is 5.82 Å². The van der Waals surface area contributed by atoms with Crippen LogP contribution in [0.15, 0.2) is 65.1 Å². The molecule has 3 nitrogen and oxygen atoms in total. The van der Waals surface area contributed by atoms with Crippen molar-refractivity contribution in [3.05, 3.63) is 71.5 Å². The third-order valence-corrected chi connectivity index (χ3v) is 3.45. The van der Waals surface area contributed by atoms with Crippen LogP contribution in [-0.4, -0.2) is 19.3 Å². The van der Waals surface area contributed by atoms with Crippen molar-refractivity contribution in [2.75, 3.05) is 11.9 Å². The lowest BCUT2D eigenvalue weighted by molar-refractivity contribution is 0.161. The maximum Gasteiger partial charge on any atom is 0.331 e. The number of halogens is 4. The van der Waals surface area contributed by atoms with Gasteiger partial charge in [-0.3, -0.25) is 0 Å². The van der Waals surface area contributed by atoms with Gasteiger partial charge in [0.05, 0.1) is 0 Å². The zero-order valence-electron chi connectivity index (χ0n) is 14.6. The van der Waals surface area contributed by atoms with Gasteiger partial charge in [0, 0.05) is 40.9 Å². The summed E-state index contributed by atoms with van der Waals surface area (Å²) in [6, 6.07) is 4.07. The minimum atomic E-state index is -2.92. The number of hydrogen-bond donors (Lipinski definition) is 2. The fourth-order valence-corrected chi connectivity index (χ4v) is 2.11. The van der Waals surface area contributed by atoms with Crippen LogP contribution in [0.25, 0.3) is 5.57 Å². The monoisotopic (exact) mass is 367 g/mol. The van der Waals surface area contributed by atoms with E-state index in [1.807, 2.05) is 0 Å². The predicted molar refractivity (Wildman–Crippen MR) is 99.3 cm³/mol. The quantitative estimate of drug-likeness (QED) is 0.287. The molecule has 1 aromatic carbocycles. The van der Waals surface area contributed by atoms with E-state index in [2.05, 4.69) is 23.5 Å². The number of benzene rings is 1. The largest absolute Gasteiger partial charge is 0.402 e. The average Bonchev–Trinajstić information content (AvgIpc) is 2.55. The van der Waals surface area contributed by atoms with Crippen LogP contribution in [0.1, 0.15) is 19.4 Å².